The van der Waals surface area contributed by atoms with E-state index in [2.05, 4.69) is 5.32 Å². The van der Waals surface area contributed by atoms with Crippen LogP contribution in [0.5, 0.6) is 0 Å². The van der Waals surface area contributed by atoms with Crippen LogP contribution in [0.1, 0.15) is 34.1 Å². The van der Waals surface area contributed by atoms with Crippen LogP contribution in [0.3, 0.4) is 0 Å². The Morgan fingerprint density at radius 3 is 2.30 bits per heavy atom. The average molecular weight is 407 g/mol. The zero-order valence-corrected chi connectivity index (χ0v) is 15.8. The molecule has 0 atom stereocenters. The largest absolute Gasteiger partial charge is 0.322 e. The summed E-state index contributed by atoms with van der Waals surface area (Å²) in [4.78, 5) is 35.5. The lowest BCUT2D eigenvalue weighted by molar-refractivity contribution is -0.116. The van der Waals surface area contributed by atoms with Gasteiger partial charge in [0.05, 0.1) is 22.0 Å². The average Bonchev–Trinajstić information content (AvgIpc) is 2.88. The van der Waals surface area contributed by atoms with Crippen molar-refractivity contribution < 1.29 is 22.8 Å². The number of benzene rings is 2. The third-order valence-corrected chi connectivity index (χ3v) is 6.06. The van der Waals surface area contributed by atoms with Crippen LogP contribution < -0.4 is 9.62 Å². The minimum Gasteiger partial charge on any atom is -0.322 e. The van der Waals surface area contributed by atoms with Crippen LogP contribution in [-0.4, -0.2) is 31.8 Å². The molecule has 1 N–H and O–H groups in total. The van der Waals surface area contributed by atoms with Gasteiger partial charge in [-0.15, -0.1) is 0 Å². The Kier molecular flexibility index (Phi) is 5.03. The van der Waals surface area contributed by atoms with Gasteiger partial charge >= 0.3 is 0 Å². The van der Waals surface area contributed by atoms with Gasteiger partial charge in [0.1, 0.15) is 0 Å². The summed E-state index contributed by atoms with van der Waals surface area (Å²) in [6, 6.07) is 10.4. The number of halogens is 1. The van der Waals surface area contributed by atoms with E-state index in [1.807, 2.05) is 0 Å². The maximum Gasteiger partial charge on any atom is 0.257 e. The van der Waals surface area contributed by atoms with E-state index in [0.29, 0.717) is 15.6 Å². The summed E-state index contributed by atoms with van der Waals surface area (Å²) >= 11 is 6.14. The van der Waals surface area contributed by atoms with Gasteiger partial charge in [-0.05, 0) is 49.4 Å². The predicted octanol–water partition coefficient (Wildman–Crippen LogP) is 2.86. The minimum absolute atomic E-state index is 0.0141. The Hall–Kier alpha value is -2.71. The normalized spacial score (nSPS) is 15.6. The molecule has 0 aliphatic carbocycles. The number of nitrogens with one attached hydrogen (secondary N) is 1. The van der Waals surface area contributed by atoms with E-state index < -0.39 is 21.8 Å². The molecular formula is C18H15ClN2O5S. The van der Waals surface area contributed by atoms with E-state index in [4.69, 9.17) is 11.6 Å². The van der Waals surface area contributed by atoms with Crippen LogP contribution in [0.25, 0.3) is 0 Å². The lowest BCUT2D eigenvalue weighted by Gasteiger charge is -2.16. The number of amides is 2. The Balaban J connectivity index is 1.82. The zero-order valence-electron chi connectivity index (χ0n) is 14.2. The number of hydrogen-bond donors (Lipinski definition) is 1. The van der Waals surface area contributed by atoms with Crippen molar-refractivity contribution in [3.63, 3.8) is 0 Å². The van der Waals surface area contributed by atoms with E-state index in [9.17, 15) is 22.8 Å². The van der Waals surface area contributed by atoms with Crippen molar-refractivity contribution in [1.29, 1.82) is 0 Å². The number of sulfonamides is 1. The van der Waals surface area contributed by atoms with Gasteiger partial charge in [0, 0.05) is 17.7 Å². The first-order valence-corrected chi connectivity index (χ1v) is 9.95. The van der Waals surface area contributed by atoms with Gasteiger partial charge in [-0.3, -0.25) is 14.4 Å². The van der Waals surface area contributed by atoms with Crippen LogP contribution >= 0.6 is 11.6 Å². The van der Waals surface area contributed by atoms with E-state index in [0.717, 1.165) is 0 Å². The van der Waals surface area contributed by atoms with Crippen LogP contribution in [-0.2, 0) is 14.8 Å². The van der Waals surface area contributed by atoms with Crippen molar-refractivity contribution in [1.82, 2.24) is 0 Å². The number of carbonyl (C=O) groups is 3. The minimum atomic E-state index is -3.70. The molecule has 0 spiro atoms. The number of rotatable bonds is 4. The van der Waals surface area contributed by atoms with E-state index in [1.54, 1.807) is 24.3 Å². The number of ketones is 1. The fraction of sp³-hybridized carbons (Fsp3) is 0.167. The second-order valence-electron chi connectivity index (χ2n) is 5.98. The molecule has 9 heteroatoms. The predicted molar refractivity (Wildman–Crippen MR) is 102 cm³/mol. The third-order valence-electron chi connectivity index (χ3n) is 4.06. The summed E-state index contributed by atoms with van der Waals surface area (Å²) in [6.45, 7) is 1.44. The Morgan fingerprint density at radius 1 is 1.11 bits per heavy atom. The van der Waals surface area contributed by atoms with Gasteiger partial charge in [0.2, 0.25) is 15.9 Å². The molecule has 0 aromatic heterocycles. The first-order chi connectivity index (χ1) is 12.7. The van der Waals surface area contributed by atoms with Crippen molar-refractivity contribution in [3.8, 4) is 0 Å². The molecule has 1 aliphatic heterocycles. The molecule has 2 aromatic carbocycles. The summed E-state index contributed by atoms with van der Waals surface area (Å²) in [5.41, 5.74) is 1.22. The van der Waals surface area contributed by atoms with Crippen molar-refractivity contribution >= 4 is 50.6 Å². The molecule has 1 aliphatic rings. The Morgan fingerprint density at radius 2 is 1.78 bits per heavy atom. The Labute approximate surface area is 161 Å². The standard InChI is InChI=1S/C18H15ClN2O5S/c1-11(22)12-2-4-13(5-3-12)20-18(24)15-7-6-14(10-16(15)19)21-17(23)8-9-27(21,25)26/h2-7,10H,8-9H2,1H3,(H,20,24). The van der Waals surface area contributed by atoms with Gasteiger partial charge in [0.15, 0.2) is 5.78 Å². The highest BCUT2D eigenvalue weighted by Gasteiger charge is 2.36. The molecule has 0 bridgehead atoms. The fourth-order valence-electron chi connectivity index (χ4n) is 2.67. The van der Waals surface area contributed by atoms with Gasteiger partial charge in [-0.2, -0.15) is 0 Å². The maximum absolute atomic E-state index is 12.4. The molecule has 1 fully saturated rings. The molecule has 2 amide bonds. The van der Waals surface area contributed by atoms with Gasteiger partial charge in [0.25, 0.3) is 5.91 Å². The molecule has 1 saturated heterocycles. The van der Waals surface area contributed by atoms with Crippen LogP contribution in [0.2, 0.25) is 5.02 Å². The topological polar surface area (TPSA) is 101 Å². The summed E-state index contributed by atoms with van der Waals surface area (Å²) in [6.07, 6.45) is -0.0849. The van der Waals surface area contributed by atoms with E-state index in [-0.39, 0.29) is 34.2 Å². The second-order valence-corrected chi connectivity index (χ2v) is 8.32. The third kappa shape index (κ3) is 3.86. The number of nitrogens with zero attached hydrogens (tertiary/aromatic N) is 1. The van der Waals surface area contributed by atoms with Crippen LogP contribution in [0, 0.1) is 0 Å². The van der Waals surface area contributed by atoms with Crippen molar-refractivity contribution in [2.75, 3.05) is 15.4 Å². The molecular weight excluding hydrogens is 392 g/mol. The number of carbonyl (C=O) groups excluding carboxylic acids is 3. The number of Topliss-reactive ketones (excluding diaryl/α,β-unsaturated/α-hetero) is 1. The van der Waals surface area contributed by atoms with Gasteiger partial charge in [-0.25, -0.2) is 12.7 Å². The molecule has 0 unspecified atom stereocenters. The molecule has 27 heavy (non-hydrogen) atoms. The van der Waals surface area contributed by atoms with E-state index in [1.165, 1.54) is 25.1 Å². The lowest BCUT2D eigenvalue weighted by atomic mass is 10.1. The van der Waals surface area contributed by atoms with Crippen molar-refractivity contribution in [3.05, 3.63) is 58.6 Å². The second kappa shape index (κ2) is 7.13. The van der Waals surface area contributed by atoms with Crippen molar-refractivity contribution in [2.24, 2.45) is 0 Å². The molecule has 0 radical (unpaired) electrons. The molecule has 1 heterocycles. The molecule has 2 aromatic rings. The molecule has 3 rings (SSSR count). The SMILES string of the molecule is CC(=O)c1ccc(NC(=O)c2ccc(N3C(=O)CCS3(=O)=O)cc2Cl)cc1. The highest BCUT2D eigenvalue weighted by atomic mass is 35.5. The van der Waals surface area contributed by atoms with E-state index >= 15 is 0 Å². The van der Waals surface area contributed by atoms with Gasteiger partial charge < -0.3 is 5.32 Å². The number of anilines is 2. The highest BCUT2D eigenvalue weighted by Crippen LogP contribution is 2.29. The fourth-order valence-corrected chi connectivity index (χ4v) is 4.38. The molecule has 140 valence electrons. The summed E-state index contributed by atoms with van der Waals surface area (Å²) in [5, 5.41) is 2.66. The Bertz CT molecular complexity index is 1050. The monoisotopic (exact) mass is 406 g/mol. The van der Waals surface area contributed by atoms with Crippen LogP contribution in [0.4, 0.5) is 11.4 Å². The summed E-state index contributed by atoms with van der Waals surface area (Å²) in [7, 11) is -3.70. The highest BCUT2D eigenvalue weighted by molar-refractivity contribution is 7.94. The van der Waals surface area contributed by atoms with Gasteiger partial charge in [-0.1, -0.05) is 11.6 Å². The first-order valence-electron chi connectivity index (χ1n) is 7.97. The molecule has 7 nitrogen and oxygen atoms in total. The first kappa shape index (κ1) is 19.1. The maximum atomic E-state index is 12.4. The lowest BCUT2D eigenvalue weighted by Crippen LogP contribution is -2.29. The summed E-state index contributed by atoms with van der Waals surface area (Å²) < 4.78 is 24.7. The smallest absolute Gasteiger partial charge is 0.257 e. The number of hydrogen-bond acceptors (Lipinski definition) is 5. The molecule has 0 saturated carbocycles. The zero-order chi connectivity index (χ0) is 19.8. The quantitative estimate of drug-likeness (QED) is 0.787. The van der Waals surface area contributed by atoms with Crippen molar-refractivity contribution in [2.45, 2.75) is 13.3 Å². The van der Waals surface area contributed by atoms with Crippen LogP contribution in [0.15, 0.2) is 42.5 Å². The summed E-state index contributed by atoms with van der Waals surface area (Å²) in [5.74, 6) is -1.37.